The number of sulfonamides is 1. The lowest BCUT2D eigenvalue weighted by Gasteiger charge is -2.31. The van der Waals surface area contributed by atoms with Crippen molar-refractivity contribution in [3.8, 4) is 5.75 Å². The molecule has 1 heterocycles. The molecule has 4 rings (SSSR count). The number of hydrogen-bond donors (Lipinski definition) is 1. The molecule has 0 unspecified atom stereocenters. The zero-order chi connectivity index (χ0) is 22.7. The average molecular weight is 451 g/mol. The van der Waals surface area contributed by atoms with Gasteiger partial charge in [-0.3, -0.25) is 13.9 Å². The number of fused-ring (bicyclic) bond motifs is 1. The van der Waals surface area contributed by atoms with Crippen molar-refractivity contribution in [2.45, 2.75) is 24.7 Å². The molecule has 0 spiro atoms. The van der Waals surface area contributed by atoms with Crippen LogP contribution in [-0.4, -0.2) is 26.8 Å². The number of carbonyl (C=O) groups is 2. The van der Waals surface area contributed by atoms with E-state index in [1.165, 1.54) is 11.2 Å². The molecule has 32 heavy (non-hydrogen) atoms. The van der Waals surface area contributed by atoms with Crippen molar-refractivity contribution in [1.29, 1.82) is 0 Å². The molecule has 0 aliphatic carbocycles. The minimum Gasteiger partial charge on any atom is -0.426 e. The van der Waals surface area contributed by atoms with Crippen molar-refractivity contribution in [3.63, 3.8) is 0 Å². The van der Waals surface area contributed by atoms with Gasteiger partial charge in [0.25, 0.3) is 15.9 Å². The van der Waals surface area contributed by atoms with Crippen LogP contribution in [0.15, 0.2) is 77.7 Å². The molecule has 8 heteroatoms. The van der Waals surface area contributed by atoms with Crippen molar-refractivity contribution in [3.05, 3.63) is 83.9 Å². The standard InChI is InChI=1S/C24H22N2O5S/c1-17(27)31-23-12-6-5-11-21(23)24(28)25-19-13-14-22-18(16-19)8-7-15-26(22)32(29,30)20-9-3-2-4-10-20/h2-6,9-14,16H,7-8,15H2,1H3,(H,25,28). The number of nitrogens with one attached hydrogen (secondary N) is 1. The summed E-state index contributed by atoms with van der Waals surface area (Å²) in [6, 6.07) is 20.0. The topological polar surface area (TPSA) is 92.8 Å². The van der Waals surface area contributed by atoms with E-state index < -0.39 is 21.9 Å². The quantitative estimate of drug-likeness (QED) is 0.468. The molecule has 0 radical (unpaired) electrons. The lowest BCUT2D eigenvalue weighted by atomic mass is 10.0. The van der Waals surface area contributed by atoms with Crippen molar-refractivity contribution in [2.75, 3.05) is 16.2 Å². The van der Waals surface area contributed by atoms with E-state index in [0.29, 0.717) is 30.8 Å². The molecule has 0 bridgehead atoms. The normalized spacial score (nSPS) is 13.2. The van der Waals surface area contributed by atoms with E-state index in [-0.39, 0.29) is 16.2 Å². The second-order valence-corrected chi connectivity index (χ2v) is 9.24. The molecule has 0 saturated heterocycles. The fourth-order valence-electron chi connectivity index (χ4n) is 3.71. The zero-order valence-corrected chi connectivity index (χ0v) is 18.3. The number of benzene rings is 3. The number of carbonyl (C=O) groups excluding carboxylic acids is 2. The Hall–Kier alpha value is -3.65. The fourth-order valence-corrected chi connectivity index (χ4v) is 5.27. The summed E-state index contributed by atoms with van der Waals surface area (Å²) in [5, 5.41) is 2.81. The lowest BCUT2D eigenvalue weighted by molar-refractivity contribution is -0.131. The highest BCUT2D eigenvalue weighted by atomic mass is 32.2. The third kappa shape index (κ3) is 4.36. The van der Waals surface area contributed by atoms with Gasteiger partial charge >= 0.3 is 5.97 Å². The van der Waals surface area contributed by atoms with Gasteiger partial charge in [-0.1, -0.05) is 30.3 Å². The fraction of sp³-hybridized carbons (Fsp3) is 0.167. The summed E-state index contributed by atoms with van der Waals surface area (Å²) in [4.78, 5) is 24.3. The highest BCUT2D eigenvalue weighted by molar-refractivity contribution is 7.92. The van der Waals surface area contributed by atoms with E-state index >= 15 is 0 Å². The first-order chi connectivity index (χ1) is 15.4. The van der Waals surface area contributed by atoms with Crippen molar-refractivity contribution < 1.29 is 22.7 Å². The van der Waals surface area contributed by atoms with Crippen LogP contribution in [-0.2, 0) is 21.2 Å². The molecule has 0 saturated carbocycles. The minimum atomic E-state index is -3.67. The van der Waals surface area contributed by atoms with Gasteiger partial charge in [0.05, 0.1) is 16.1 Å². The number of para-hydroxylation sites is 1. The Morgan fingerprint density at radius 2 is 1.69 bits per heavy atom. The first-order valence-corrected chi connectivity index (χ1v) is 11.6. The van der Waals surface area contributed by atoms with E-state index in [2.05, 4.69) is 5.32 Å². The van der Waals surface area contributed by atoms with Crippen LogP contribution in [0, 0.1) is 0 Å². The SMILES string of the molecule is CC(=O)Oc1ccccc1C(=O)Nc1ccc2c(c1)CCCN2S(=O)(=O)c1ccccc1. The first kappa shape index (κ1) is 21.6. The van der Waals surface area contributed by atoms with E-state index in [9.17, 15) is 18.0 Å². The second-order valence-electron chi connectivity index (χ2n) is 7.38. The number of rotatable bonds is 5. The molecule has 1 aliphatic heterocycles. The van der Waals surface area contributed by atoms with E-state index in [1.54, 1.807) is 72.8 Å². The summed E-state index contributed by atoms with van der Waals surface area (Å²) in [5.41, 5.74) is 2.21. The minimum absolute atomic E-state index is 0.176. The van der Waals surface area contributed by atoms with Crippen LogP contribution in [0.25, 0.3) is 0 Å². The number of hydrogen-bond acceptors (Lipinski definition) is 5. The summed E-state index contributed by atoms with van der Waals surface area (Å²) in [6.45, 7) is 1.67. The molecule has 0 atom stereocenters. The smallest absolute Gasteiger partial charge is 0.308 e. The van der Waals surface area contributed by atoms with Gasteiger partial charge in [0.15, 0.2) is 0 Å². The molecular formula is C24H22N2O5S. The average Bonchev–Trinajstić information content (AvgIpc) is 2.79. The van der Waals surface area contributed by atoms with Crippen LogP contribution in [0.4, 0.5) is 11.4 Å². The van der Waals surface area contributed by atoms with Crippen LogP contribution < -0.4 is 14.4 Å². The molecule has 0 aromatic heterocycles. The van der Waals surface area contributed by atoms with Crippen LogP contribution in [0.5, 0.6) is 5.75 Å². The van der Waals surface area contributed by atoms with Gasteiger partial charge in [0, 0.05) is 19.2 Å². The summed E-state index contributed by atoms with van der Waals surface area (Å²) < 4.78 is 32.8. The molecular weight excluding hydrogens is 428 g/mol. The second kappa shape index (κ2) is 8.84. The Morgan fingerprint density at radius 1 is 0.969 bits per heavy atom. The summed E-state index contributed by atoms with van der Waals surface area (Å²) in [7, 11) is -3.67. The number of anilines is 2. The first-order valence-electron chi connectivity index (χ1n) is 10.2. The Kier molecular flexibility index (Phi) is 5.96. The molecule has 1 aliphatic rings. The van der Waals surface area contributed by atoms with Crippen molar-refractivity contribution in [1.82, 2.24) is 0 Å². The van der Waals surface area contributed by atoms with Gasteiger partial charge in [0.1, 0.15) is 5.75 Å². The Morgan fingerprint density at radius 3 is 2.44 bits per heavy atom. The Bertz CT molecular complexity index is 1270. The highest BCUT2D eigenvalue weighted by Crippen LogP contribution is 2.34. The maximum atomic E-state index is 13.1. The molecule has 3 aromatic rings. The number of amides is 1. The summed E-state index contributed by atoms with van der Waals surface area (Å²) in [6.07, 6.45) is 1.37. The van der Waals surface area contributed by atoms with Gasteiger partial charge in [0.2, 0.25) is 0 Å². The van der Waals surface area contributed by atoms with E-state index in [1.807, 2.05) is 0 Å². The van der Waals surface area contributed by atoms with Gasteiger partial charge in [-0.15, -0.1) is 0 Å². The predicted octanol–water partition coefficient (Wildman–Crippen LogP) is 4.01. The third-order valence-corrected chi connectivity index (χ3v) is 6.96. The van der Waals surface area contributed by atoms with Crippen LogP contribution in [0.3, 0.4) is 0 Å². The monoisotopic (exact) mass is 450 g/mol. The van der Waals surface area contributed by atoms with Crippen molar-refractivity contribution in [2.24, 2.45) is 0 Å². The Labute approximate surface area is 186 Å². The highest BCUT2D eigenvalue weighted by Gasteiger charge is 2.29. The molecule has 1 N–H and O–H groups in total. The largest absolute Gasteiger partial charge is 0.426 e. The van der Waals surface area contributed by atoms with Gasteiger partial charge < -0.3 is 10.1 Å². The Balaban J connectivity index is 1.60. The van der Waals surface area contributed by atoms with Gasteiger partial charge in [-0.2, -0.15) is 0 Å². The predicted molar refractivity (Wildman–Crippen MR) is 121 cm³/mol. The summed E-state index contributed by atoms with van der Waals surface area (Å²) >= 11 is 0. The number of ether oxygens (including phenoxy) is 1. The van der Waals surface area contributed by atoms with Crippen LogP contribution >= 0.6 is 0 Å². The van der Waals surface area contributed by atoms with Gasteiger partial charge in [-0.25, -0.2) is 8.42 Å². The van der Waals surface area contributed by atoms with Crippen LogP contribution in [0.2, 0.25) is 0 Å². The number of esters is 1. The molecule has 1 amide bonds. The van der Waals surface area contributed by atoms with E-state index in [4.69, 9.17) is 4.74 Å². The zero-order valence-electron chi connectivity index (χ0n) is 17.4. The molecule has 164 valence electrons. The van der Waals surface area contributed by atoms with Crippen LogP contribution in [0.1, 0.15) is 29.3 Å². The van der Waals surface area contributed by atoms with Gasteiger partial charge in [-0.05, 0) is 60.9 Å². The maximum absolute atomic E-state index is 13.1. The summed E-state index contributed by atoms with van der Waals surface area (Å²) in [5.74, 6) is -0.763. The number of aryl methyl sites for hydroxylation is 1. The lowest BCUT2D eigenvalue weighted by Crippen LogP contribution is -2.35. The van der Waals surface area contributed by atoms with E-state index in [0.717, 1.165) is 5.56 Å². The van der Waals surface area contributed by atoms with Crippen molar-refractivity contribution >= 4 is 33.3 Å². The molecule has 3 aromatic carbocycles. The molecule has 7 nitrogen and oxygen atoms in total. The maximum Gasteiger partial charge on any atom is 0.308 e. The number of nitrogens with zero attached hydrogens (tertiary/aromatic N) is 1. The third-order valence-electron chi connectivity index (χ3n) is 5.13. The molecule has 0 fully saturated rings.